The van der Waals surface area contributed by atoms with Crippen LogP contribution in [0.25, 0.3) is 0 Å². The summed E-state index contributed by atoms with van der Waals surface area (Å²) in [7, 11) is 0. The Morgan fingerprint density at radius 3 is 2.58 bits per heavy atom. The Kier molecular flexibility index (Phi) is 3.82. The van der Waals surface area contributed by atoms with Crippen LogP contribution in [0.5, 0.6) is 0 Å². The van der Waals surface area contributed by atoms with Gasteiger partial charge in [-0.25, -0.2) is 4.79 Å². The van der Waals surface area contributed by atoms with E-state index in [-0.39, 0.29) is 18.0 Å². The molecule has 0 aromatic heterocycles. The van der Waals surface area contributed by atoms with Crippen LogP contribution in [-0.4, -0.2) is 59.5 Å². The second kappa shape index (κ2) is 5.09. The number of urea groups is 1. The summed E-state index contributed by atoms with van der Waals surface area (Å²) in [5.41, 5.74) is 5.14. The third kappa shape index (κ3) is 2.90. The van der Waals surface area contributed by atoms with Crippen LogP contribution in [0.4, 0.5) is 4.79 Å². The van der Waals surface area contributed by atoms with Crippen molar-refractivity contribution in [3.8, 4) is 0 Å². The van der Waals surface area contributed by atoms with E-state index in [2.05, 4.69) is 10.2 Å². The number of likely N-dealkylation sites (tertiary alicyclic amines) is 1. The van der Waals surface area contributed by atoms with Crippen molar-refractivity contribution in [1.29, 1.82) is 0 Å². The lowest BCUT2D eigenvalue weighted by molar-refractivity contribution is -0.130. The van der Waals surface area contributed by atoms with Gasteiger partial charge in [0.2, 0.25) is 0 Å². The first-order valence-corrected chi connectivity index (χ1v) is 6.93. The van der Waals surface area contributed by atoms with Gasteiger partial charge in [0, 0.05) is 25.7 Å². The molecule has 0 aromatic rings. The minimum Gasteiger partial charge on any atom is -0.328 e. The molecule has 0 bridgehead atoms. The van der Waals surface area contributed by atoms with Gasteiger partial charge in [-0.15, -0.1) is 0 Å². The maximum atomic E-state index is 12.0. The van der Waals surface area contributed by atoms with E-state index in [0.29, 0.717) is 12.5 Å². The van der Waals surface area contributed by atoms with Crippen molar-refractivity contribution in [1.82, 2.24) is 15.1 Å². The summed E-state index contributed by atoms with van der Waals surface area (Å²) < 4.78 is 0. The first-order chi connectivity index (χ1) is 8.81. The zero-order valence-corrected chi connectivity index (χ0v) is 12.0. The van der Waals surface area contributed by atoms with Gasteiger partial charge in [0.15, 0.2) is 0 Å². The predicted octanol–water partition coefficient (Wildman–Crippen LogP) is -0.0141. The lowest BCUT2D eigenvalue weighted by Crippen LogP contribution is -2.41. The Hall–Kier alpha value is -1.14. The zero-order chi connectivity index (χ0) is 14.2. The van der Waals surface area contributed by atoms with Crippen molar-refractivity contribution < 1.29 is 9.59 Å². The van der Waals surface area contributed by atoms with Gasteiger partial charge in [0.05, 0.1) is 0 Å². The highest BCUT2D eigenvalue weighted by molar-refractivity contribution is 6.06. The van der Waals surface area contributed by atoms with Crippen LogP contribution < -0.4 is 11.1 Å². The summed E-state index contributed by atoms with van der Waals surface area (Å²) in [5, 5.41) is 2.69. The number of hydrogen-bond acceptors (Lipinski definition) is 4. The normalized spacial score (nSPS) is 28.8. The molecule has 2 atom stereocenters. The third-order valence-electron chi connectivity index (χ3n) is 4.14. The minimum atomic E-state index is -0.767. The van der Waals surface area contributed by atoms with Gasteiger partial charge in [-0.05, 0) is 39.7 Å². The molecule has 0 aromatic carbocycles. The van der Waals surface area contributed by atoms with Crippen molar-refractivity contribution in [3.05, 3.63) is 0 Å². The first kappa shape index (κ1) is 14.3. The van der Waals surface area contributed by atoms with Crippen LogP contribution in [0, 0.1) is 5.92 Å². The fraction of sp³-hybridized carbons (Fsp3) is 0.846. The van der Waals surface area contributed by atoms with Gasteiger partial charge in [-0.2, -0.15) is 0 Å². The molecule has 2 aliphatic heterocycles. The summed E-state index contributed by atoms with van der Waals surface area (Å²) in [5.74, 6) is 0.389. The lowest BCUT2D eigenvalue weighted by Gasteiger charge is -2.21. The number of carbonyl (C=O) groups excluding carboxylic acids is 2. The predicted molar refractivity (Wildman–Crippen MR) is 72.5 cm³/mol. The molecule has 0 radical (unpaired) electrons. The van der Waals surface area contributed by atoms with E-state index in [9.17, 15) is 9.59 Å². The van der Waals surface area contributed by atoms with E-state index in [1.807, 2.05) is 6.92 Å². The SMILES string of the molecule is CC(N)C1CCN(CCN2C(=O)NC(C)(C)C2=O)C1. The second-order valence-corrected chi connectivity index (χ2v) is 6.22. The summed E-state index contributed by atoms with van der Waals surface area (Å²) >= 11 is 0. The highest BCUT2D eigenvalue weighted by atomic mass is 16.2. The van der Waals surface area contributed by atoms with E-state index in [1.54, 1.807) is 13.8 Å². The molecular formula is C13H24N4O2. The molecule has 0 aliphatic carbocycles. The van der Waals surface area contributed by atoms with Gasteiger partial charge >= 0.3 is 6.03 Å². The van der Waals surface area contributed by atoms with Crippen molar-refractivity contribution in [2.75, 3.05) is 26.2 Å². The molecule has 2 rings (SSSR count). The molecule has 2 heterocycles. The molecule has 6 heteroatoms. The number of nitrogens with two attached hydrogens (primary N) is 1. The fourth-order valence-corrected chi connectivity index (χ4v) is 2.76. The maximum absolute atomic E-state index is 12.0. The Morgan fingerprint density at radius 2 is 2.11 bits per heavy atom. The number of rotatable bonds is 4. The van der Waals surface area contributed by atoms with Crippen LogP contribution in [-0.2, 0) is 4.79 Å². The van der Waals surface area contributed by atoms with Crippen LogP contribution >= 0.6 is 0 Å². The first-order valence-electron chi connectivity index (χ1n) is 6.93. The Balaban J connectivity index is 1.84. The fourth-order valence-electron chi connectivity index (χ4n) is 2.76. The van der Waals surface area contributed by atoms with Crippen molar-refractivity contribution in [3.63, 3.8) is 0 Å². The Morgan fingerprint density at radius 1 is 1.42 bits per heavy atom. The molecule has 3 N–H and O–H groups in total. The van der Waals surface area contributed by atoms with E-state index < -0.39 is 5.54 Å². The van der Waals surface area contributed by atoms with E-state index in [1.165, 1.54) is 4.90 Å². The molecule has 0 saturated carbocycles. The summed E-state index contributed by atoms with van der Waals surface area (Å²) in [4.78, 5) is 27.3. The molecule has 19 heavy (non-hydrogen) atoms. The molecule has 2 aliphatic rings. The van der Waals surface area contributed by atoms with Gasteiger partial charge in [0.25, 0.3) is 5.91 Å². The van der Waals surface area contributed by atoms with Crippen molar-refractivity contribution in [2.24, 2.45) is 11.7 Å². The van der Waals surface area contributed by atoms with Gasteiger partial charge in [0.1, 0.15) is 5.54 Å². The standard InChI is InChI=1S/C13H24N4O2/c1-9(14)10-4-5-16(8-10)6-7-17-11(18)13(2,3)15-12(17)19/h9-10H,4-8,14H2,1-3H3,(H,15,19). The van der Waals surface area contributed by atoms with Crippen LogP contribution in [0.2, 0.25) is 0 Å². The highest BCUT2D eigenvalue weighted by Gasteiger charge is 2.44. The van der Waals surface area contributed by atoms with Crippen LogP contribution in [0.1, 0.15) is 27.2 Å². The lowest BCUT2D eigenvalue weighted by atomic mass is 10.0. The second-order valence-electron chi connectivity index (χ2n) is 6.22. The quantitative estimate of drug-likeness (QED) is 0.703. The molecule has 108 valence electrons. The molecule has 2 unspecified atom stereocenters. The monoisotopic (exact) mass is 268 g/mol. The molecule has 2 fully saturated rings. The molecule has 0 spiro atoms. The Labute approximate surface area is 114 Å². The van der Waals surface area contributed by atoms with E-state index >= 15 is 0 Å². The topological polar surface area (TPSA) is 78.7 Å². The van der Waals surface area contributed by atoms with E-state index in [0.717, 1.165) is 26.1 Å². The van der Waals surface area contributed by atoms with E-state index in [4.69, 9.17) is 5.73 Å². The zero-order valence-electron chi connectivity index (χ0n) is 12.0. The number of nitrogens with one attached hydrogen (secondary N) is 1. The number of amides is 3. The largest absolute Gasteiger partial charge is 0.328 e. The maximum Gasteiger partial charge on any atom is 0.325 e. The van der Waals surface area contributed by atoms with Crippen molar-refractivity contribution >= 4 is 11.9 Å². The third-order valence-corrected chi connectivity index (χ3v) is 4.14. The number of imide groups is 1. The summed E-state index contributed by atoms with van der Waals surface area (Å²) in [6, 6.07) is -0.0707. The van der Waals surface area contributed by atoms with Gasteiger partial charge < -0.3 is 16.0 Å². The summed E-state index contributed by atoms with van der Waals surface area (Å²) in [6.07, 6.45) is 1.10. The molecular weight excluding hydrogens is 244 g/mol. The molecule has 6 nitrogen and oxygen atoms in total. The minimum absolute atomic E-state index is 0.138. The van der Waals surface area contributed by atoms with Crippen molar-refractivity contribution in [2.45, 2.75) is 38.8 Å². The number of carbonyl (C=O) groups is 2. The van der Waals surface area contributed by atoms with Crippen LogP contribution in [0.3, 0.4) is 0 Å². The molecule has 2 saturated heterocycles. The number of hydrogen-bond donors (Lipinski definition) is 2. The van der Waals surface area contributed by atoms with Gasteiger partial charge in [-0.3, -0.25) is 9.69 Å². The number of nitrogens with zero attached hydrogens (tertiary/aromatic N) is 2. The average Bonchev–Trinajstić information content (AvgIpc) is 2.83. The Bertz CT molecular complexity index is 381. The highest BCUT2D eigenvalue weighted by Crippen LogP contribution is 2.20. The van der Waals surface area contributed by atoms with Gasteiger partial charge in [-0.1, -0.05) is 0 Å². The molecule has 3 amide bonds. The summed E-state index contributed by atoms with van der Waals surface area (Å²) in [6.45, 7) is 8.65. The average molecular weight is 268 g/mol. The smallest absolute Gasteiger partial charge is 0.325 e. The van der Waals surface area contributed by atoms with Crippen LogP contribution in [0.15, 0.2) is 0 Å².